The van der Waals surface area contributed by atoms with Crippen molar-refractivity contribution in [2.75, 3.05) is 12.0 Å². The second kappa shape index (κ2) is 9.29. The summed E-state index contributed by atoms with van der Waals surface area (Å²) in [5.41, 5.74) is 1.99. The largest absolute Gasteiger partial charge is 0.348 e. The molecule has 0 bridgehead atoms. The van der Waals surface area contributed by atoms with Crippen LogP contribution < -0.4 is 5.32 Å². The van der Waals surface area contributed by atoms with Gasteiger partial charge in [0.15, 0.2) is 0 Å². The van der Waals surface area contributed by atoms with E-state index in [1.54, 1.807) is 11.8 Å². The van der Waals surface area contributed by atoms with Crippen molar-refractivity contribution < 1.29 is 4.79 Å². The first-order chi connectivity index (χ1) is 14.6. The standard InChI is InChI=1S/C24H32N4OS/c1-27-21-11-5-4-10-19(21)26-23(27)20(12-17-30-2)25-22(29)18-24(13-6-3-7-14-24)28-15-8-9-16-28/h4-5,8-11,15-16,20H,3,6-7,12-14,17-18H2,1-2H3,(H,25,29)/t20-/m1/s1. The number of nitrogens with zero attached hydrogens (tertiary/aromatic N) is 3. The minimum atomic E-state index is -0.0950. The van der Waals surface area contributed by atoms with Crippen molar-refractivity contribution in [3.05, 3.63) is 54.6 Å². The van der Waals surface area contributed by atoms with E-state index in [-0.39, 0.29) is 17.5 Å². The van der Waals surface area contributed by atoms with Gasteiger partial charge in [0.05, 0.1) is 29.0 Å². The van der Waals surface area contributed by atoms with E-state index in [1.807, 2.05) is 25.2 Å². The maximum atomic E-state index is 13.3. The first kappa shape index (κ1) is 21.0. The van der Waals surface area contributed by atoms with Crippen LogP contribution in [0.3, 0.4) is 0 Å². The average Bonchev–Trinajstić information content (AvgIpc) is 3.41. The Morgan fingerprint density at radius 2 is 1.90 bits per heavy atom. The highest BCUT2D eigenvalue weighted by Gasteiger charge is 2.36. The van der Waals surface area contributed by atoms with E-state index in [4.69, 9.17) is 4.98 Å². The number of rotatable bonds is 8. The number of hydrogen-bond acceptors (Lipinski definition) is 3. The van der Waals surface area contributed by atoms with Crippen LogP contribution in [0.5, 0.6) is 0 Å². The monoisotopic (exact) mass is 424 g/mol. The SMILES string of the molecule is CSCC[C@@H](NC(=O)CC1(n2cccc2)CCCCC1)c1nc2ccccc2n1C. The van der Waals surface area contributed by atoms with Crippen LogP contribution in [0.2, 0.25) is 0 Å². The topological polar surface area (TPSA) is 51.9 Å². The molecule has 1 aliphatic rings. The number of carbonyl (C=O) groups excluding carboxylic acids is 1. The molecular formula is C24H32N4OS. The zero-order valence-electron chi connectivity index (χ0n) is 18.0. The zero-order valence-corrected chi connectivity index (χ0v) is 18.8. The molecule has 0 saturated heterocycles. The Balaban J connectivity index is 1.56. The van der Waals surface area contributed by atoms with Gasteiger partial charge in [0.1, 0.15) is 5.82 Å². The highest BCUT2D eigenvalue weighted by atomic mass is 32.2. The molecule has 1 atom stereocenters. The molecule has 0 aliphatic heterocycles. The molecule has 2 heterocycles. The van der Waals surface area contributed by atoms with Gasteiger partial charge in [-0.15, -0.1) is 0 Å². The van der Waals surface area contributed by atoms with E-state index in [9.17, 15) is 4.79 Å². The molecule has 1 N–H and O–H groups in total. The quantitative estimate of drug-likeness (QED) is 0.551. The molecule has 2 aromatic heterocycles. The molecule has 1 aromatic carbocycles. The van der Waals surface area contributed by atoms with Crippen molar-refractivity contribution in [3.8, 4) is 0 Å². The third kappa shape index (κ3) is 4.29. The lowest BCUT2D eigenvalue weighted by molar-refractivity contribution is -0.124. The van der Waals surface area contributed by atoms with Gasteiger partial charge in [0, 0.05) is 19.4 Å². The van der Waals surface area contributed by atoms with E-state index in [2.05, 4.69) is 51.3 Å². The number of fused-ring (bicyclic) bond motifs is 1. The Morgan fingerprint density at radius 3 is 2.60 bits per heavy atom. The van der Waals surface area contributed by atoms with Crippen LogP contribution >= 0.6 is 11.8 Å². The van der Waals surface area contributed by atoms with Crippen molar-refractivity contribution in [1.82, 2.24) is 19.4 Å². The van der Waals surface area contributed by atoms with Gasteiger partial charge in [-0.25, -0.2) is 4.98 Å². The number of carbonyl (C=O) groups is 1. The van der Waals surface area contributed by atoms with Gasteiger partial charge in [-0.3, -0.25) is 4.79 Å². The molecule has 6 heteroatoms. The van der Waals surface area contributed by atoms with Crippen LogP contribution in [-0.2, 0) is 17.4 Å². The average molecular weight is 425 g/mol. The van der Waals surface area contributed by atoms with Gasteiger partial charge in [-0.05, 0) is 55.5 Å². The van der Waals surface area contributed by atoms with Gasteiger partial charge in [0.2, 0.25) is 5.91 Å². The lowest BCUT2D eigenvalue weighted by Gasteiger charge is -2.39. The summed E-state index contributed by atoms with van der Waals surface area (Å²) in [4.78, 5) is 18.2. The minimum Gasteiger partial charge on any atom is -0.348 e. The highest BCUT2D eigenvalue weighted by Crippen LogP contribution is 2.38. The van der Waals surface area contributed by atoms with Crippen LogP contribution in [0.1, 0.15) is 56.8 Å². The summed E-state index contributed by atoms with van der Waals surface area (Å²) in [5.74, 6) is 2.05. The van der Waals surface area contributed by atoms with E-state index in [0.29, 0.717) is 6.42 Å². The van der Waals surface area contributed by atoms with E-state index >= 15 is 0 Å². The molecule has 1 fully saturated rings. The first-order valence-electron chi connectivity index (χ1n) is 11.0. The van der Waals surface area contributed by atoms with Crippen LogP contribution in [0.25, 0.3) is 11.0 Å². The van der Waals surface area contributed by atoms with Crippen LogP contribution in [0.4, 0.5) is 0 Å². The van der Waals surface area contributed by atoms with Crippen LogP contribution in [0.15, 0.2) is 48.8 Å². The molecule has 4 rings (SSSR count). The van der Waals surface area contributed by atoms with Gasteiger partial charge >= 0.3 is 0 Å². The highest BCUT2D eigenvalue weighted by molar-refractivity contribution is 7.98. The second-order valence-corrected chi connectivity index (χ2v) is 9.46. The number of aromatic nitrogens is 3. The number of thioether (sulfide) groups is 1. The van der Waals surface area contributed by atoms with E-state index < -0.39 is 0 Å². The molecule has 1 aliphatic carbocycles. The third-order valence-corrected chi connectivity index (χ3v) is 7.15. The summed E-state index contributed by atoms with van der Waals surface area (Å²) in [7, 11) is 2.05. The maximum absolute atomic E-state index is 13.3. The van der Waals surface area contributed by atoms with Crippen molar-refractivity contribution in [2.45, 2.75) is 56.5 Å². The van der Waals surface area contributed by atoms with Crippen molar-refractivity contribution in [3.63, 3.8) is 0 Å². The Kier molecular flexibility index (Phi) is 6.52. The molecule has 160 valence electrons. The fourth-order valence-corrected chi connectivity index (χ4v) is 5.38. The Morgan fingerprint density at radius 1 is 1.17 bits per heavy atom. The maximum Gasteiger partial charge on any atom is 0.222 e. The number of amides is 1. The Labute approximate surface area is 183 Å². The van der Waals surface area contributed by atoms with E-state index in [1.165, 1.54) is 19.3 Å². The number of nitrogens with one attached hydrogen (secondary N) is 1. The fourth-order valence-electron chi connectivity index (χ4n) is 4.91. The van der Waals surface area contributed by atoms with Gasteiger partial charge in [0.25, 0.3) is 0 Å². The van der Waals surface area contributed by atoms with Gasteiger partial charge in [-0.2, -0.15) is 11.8 Å². The van der Waals surface area contributed by atoms with Crippen LogP contribution in [-0.4, -0.2) is 32.0 Å². The molecule has 5 nitrogen and oxygen atoms in total. The van der Waals surface area contributed by atoms with E-state index in [0.717, 1.165) is 41.9 Å². The molecular weight excluding hydrogens is 392 g/mol. The Hall–Kier alpha value is -2.21. The van der Waals surface area contributed by atoms with Crippen molar-refractivity contribution >= 4 is 28.7 Å². The van der Waals surface area contributed by atoms with Crippen molar-refractivity contribution in [1.29, 1.82) is 0 Å². The molecule has 0 spiro atoms. The summed E-state index contributed by atoms with van der Waals surface area (Å²) >= 11 is 1.80. The summed E-state index contributed by atoms with van der Waals surface area (Å²) in [6, 6.07) is 12.2. The fraction of sp³-hybridized carbons (Fsp3) is 0.500. The smallest absolute Gasteiger partial charge is 0.222 e. The summed E-state index contributed by atoms with van der Waals surface area (Å²) in [5, 5.41) is 3.35. The summed E-state index contributed by atoms with van der Waals surface area (Å²) in [6.07, 6.45) is 13.5. The molecule has 3 aromatic rings. The molecule has 0 unspecified atom stereocenters. The number of imidazole rings is 1. The predicted octanol–water partition coefficient (Wildman–Crippen LogP) is 5.03. The van der Waals surface area contributed by atoms with Crippen molar-refractivity contribution in [2.24, 2.45) is 7.05 Å². The number of benzene rings is 1. The number of hydrogen-bond donors (Lipinski definition) is 1. The lowest BCUT2D eigenvalue weighted by atomic mass is 9.78. The summed E-state index contributed by atoms with van der Waals surface area (Å²) in [6.45, 7) is 0. The first-order valence-corrected chi connectivity index (χ1v) is 12.4. The molecule has 1 amide bonds. The predicted molar refractivity (Wildman–Crippen MR) is 125 cm³/mol. The second-order valence-electron chi connectivity index (χ2n) is 8.47. The molecule has 1 saturated carbocycles. The molecule has 30 heavy (non-hydrogen) atoms. The summed E-state index contributed by atoms with van der Waals surface area (Å²) < 4.78 is 4.40. The Bertz CT molecular complexity index is 972. The number of para-hydroxylation sites is 2. The molecule has 0 radical (unpaired) electrons. The third-order valence-electron chi connectivity index (χ3n) is 6.51. The van der Waals surface area contributed by atoms with Gasteiger partial charge in [-0.1, -0.05) is 31.4 Å². The van der Waals surface area contributed by atoms with Gasteiger partial charge < -0.3 is 14.5 Å². The van der Waals surface area contributed by atoms with Crippen LogP contribution in [0, 0.1) is 0 Å². The number of aryl methyl sites for hydroxylation is 1. The minimum absolute atomic E-state index is 0.0762. The zero-order chi connectivity index (χ0) is 21.0. The normalized spacial score (nSPS) is 17.1. The lowest BCUT2D eigenvalue weighted by Crippen LogP contribution is -2.42.